The minimum Gasteiger partial charge on any atom is -0.457 e. The largest absolute Gasteiger partial charge is 0.457 e. The highest BCUT2D eigenvalue weighted by molar-refractivity contribution is 5.80. The topological polar surface area (TPSA) is 24.8 Å². The zero-order chi connectivity index (χ0) is 12.8. The lowest BCUT2D eigenvalue weighted by Crippen LogP contribution is -2.01. The number of ether oxygens (including phenoxy) is 1. The summed E-state index contributed by atoms with van der Waals surface area (Å²) < 4.78 is 5.75. The maximum absolute atomic E-state index is 5.75. The van der Waals surface area contributed by atoms with Crippen LogP contribution in [0.2, 0.25) is 0 Å². The van der Waals surface area contributed by atoms with E-state index in [4.69, 9.17) is 4.74 Å². The smallest absolute Gasteiger partial charge is 0.128 e. The molecule has 0 aliphatic carbocycles. The Morgan fingerprint density at radius 1 is 0.944 bits per heavy atom. The summed E-state index contributed by atoms with van der Waals surface area (Å²) in [6, 6.07) is 17.6. The van der Waals surface area contributed by atoms with Crippen LogP contribution in [0.25, 0.3) is 0 Å². The molecule has 0 aliphatic rings. The van der Waals surface area contributed by atoms with Crippen LogP contribution in [0.4, 0.5) is 0 Å². The van der Waals surface area contributed by atoms with E-state index in [0.717, 1.165) is 17.1 Å². The maximum atomic E-state index is 5.75. The predicted octanol–water partition coefficient (Wildman–Crippen LogP) is 3.37. The molecule has 0 bridgehead atoms. The van der Waals surface area contributed by atoms with Crippen LogP contribution in [0.3, 0.4) is 0 Å². The molecule has 0 amide bonds. The predicted molar refractivity (Wildman–Crippen MR) is 74.2 cm³/mol. The highest BCUT2D eigenvalue weighted by Crippen LogP contribution is 2.21. The lowest BCUT2D eigenvalue weighted by molar-refractivity contribution is 0.440. The molecule has 2 rings (SSSR count). The van der Waals surface area contributed by atoms with E-state index in [-0.39, 0.29) is 0 Å². The Kier molecular flexibility index (Phi) is 3.97. The molecule has 18 heavy (non-hydrogen) atoms. The van der Waals surface area contributed by atoms with Gasteiger partial charge in [0.2, 0.25) is 0 Å². The summed E-state index contributed by atoms with van der Waals surface area (Å²) in [4.78, 5) is 0. The van der Waals surface area contributed by atoms with Crippen LogP contribution in [0.5, 0.6) is 11.5 Å². The third-order valence-corrected chi connectivity index (χ3v) is 2.27. The molecule has 0 N–H and O–H groups in total. The Morgan fingerprint density at radius 3 is 2.39 bits per heavy atom. The average Bonchev–Trinajstić information content (AvgIpc) is 2.38. The average molecular weight is 240 g/mol. The number of benzene rings is 2. The first-order valence-electron chi connectivity index (χ1n) is 5.78. The van der Waals surface area contributed by atoms with Crippen molar-refractivity contribution in [3.05, 3.63) is 60.2 Å². The number of hydrogen-bond acceptors (Lipinski definition) is 3. The summed E-state index contributed by atoms with van der Waals surface area (Å²) in [6.45, 7) is 0. The van der Waals surface area contributed by atoms with Crippen molar-refractivity contribution < 1.29 is 4.74 Å². The second-order valence-corrected chi connectivity index (χ2v) is 4.08. The second kappa shape index (κ2) is 5.87. The van der Waals surface area contributed by atoms with Gasteiger partial charge in [0, 0.05) is 14.1 Å². The molecule has 0 saturated heterocycles. The first-order chi connectivity index (χ1) is 8.74. The Labute approximate surface area is 107 Å². The lowest BCUT2D eigenvalue weighted by atomic mass is 10.2. The molecule has 0 radical (unpaired) electrons. The number of nitrogens with zero attached hydrogens (tertiary/aromatic N) is 2. The highest BCUT2D eigenvalue weighted by Gasteiger charge is 1.97. The Balaban J connectivity index is 2.13. The highest BCUT2D eigenvalue weighted by atomic mass is 16.5. The molecular weight excluding hydrogens is 224 g/mol. The van der Waals surface area contributed by atoms with E-state index in [1.165, 1.54) is 0 Å². The van der Waals surface area contributed by atoms with Gasteiger partial charge in [-0.1, -0.05) is 30.3 Å². The van der Waals surface area contributed by atoms with Crippen molar-refractivity contribution in [2.24, 2.45) is 5.10 Å². The van der Waals surface area contributed by atoms with Gasteiger partial charge in [-0.3, -0.25) is 0 Å². The van der Waals surface area contributed by atoms with E-state index < -0.39 is 0 Å². The molecule has 2 aromatic rings. The summed E-state index contributed by atoms with van der Waals surface area (Å²) in [6.07, 6.45) is 1.80. The van der Waals surface area contributed by atoms with Crippen molar-refractivity contribution in [2.45, 2.75) is 0 Å². The van der Waals surface area contributed by atoms with Gasteiger partial charge in [-0.2, -0.15) is 5.10 Å². The number of hydrazone groups is 1. The van der Waals surface area contributed by atoms with Crippen molar-refractivity contribution in [3.63, 3.8) is 0 Å². The lowest BCUT2D eigenvalue weighted by Gasteiger charge is -2.06. The molecule has 3 nitrogen and oxygen atoms in total. The first-order valence-corrected chi connectivity index (χ1v) is 5.78. The van der Waals surface area contributed by atoms with Crippen LogP contribution >= 0.6 is 0 Å². The van der Waals surface area contributed by atoms with E-state index in [1.807, 2.05) is 68.7 Å². The molecule has 0 saturated carbocycles. The monoisotopic (exact) mass is 240 g/mol. The van der Waals surface area contributed by atoms with Crippen molar-refractivity contribution in [1.82, 2.24) is 5.01 Å². The van der Waals surface area contributed by atoms with E-state index in [2.05, 4.69) is 5.10 Å². The fourth-order valence-electron chi connectivity index (χ4n) is 1.47. The minimum atomic E-state index is 0.809. The quantitative estimate of drug-likeness (QED) is 0.604. The van der Waals surface area contributed by atoms with Crippen LogP contribution in [0.15, 0.2) is 59.7 Å². The van der Waals surface area contributed by atoms with Crippen LogP contribution in [0, 0.1) is 0 Å². The molecule has 3 heteroatoms. The zero-order valence-electron chi connectivity index (χ0n) is 10.6. The van der Waals surface area contributed by atoms with Gasteiger partial charge in [0.05, 0.1) is 6.21 Å². The Morgan fingerprint density at radius 2 is 1.67 bits per heavy atom. The van der Waals surface area contributed by atoms with E-state index >= 15 is 0 Å². The molecule has 0 unspecified atom stereocenters. The summed E-state index contributed by atoms with van der Waals surface area (Å²) in [5.41, 5.74) is 1.01. The number of rotatable bonds is 4. The molecule has 2 aromatic carbocycles. The van der Waals surface area contributed by atoms with E-state index in [9.17, 15) is 0 Å². The SMILES string of the molecule is CN(C)N=Cc1cccc(Oc2ccccc2)c1. The third-order valence-electron chi connectivity index (χ3n) is 2.27. The number of para-hydroxylation sites is 1. The summed E-state index contributed by atoms with van der Waals surface area (Å²) in [5.74, 6) is 1.64. The Bertz CT molecular complexity index is 521. The zero-order valence-corrected chi connectivity index (χ0v) is 10.6. The van der Waals surface area contributed by atoms with Crippen molar-refractivity contribution >= 4 is 6.21 Å². The van der Waals surface area contributed by atoms with Crippen LogP contribution in [0.1, 0.15) is 5.56 Å². The van der Waals surface area contributed by atoms with Gasteiger partial charge in [-0.25, -0.2) is 0 Å². The van der Waals surface area contributed by atoms with Gasteiger partial charge in [0.25, 0.3) is 0 Å². The van der Waals surface area contributed by atoms with Gasteiger partial charge in [-0.15, -0.1) is 0 Å². The van der Waals surface area contributed by atoms with Gasteiger partial charge in [0.1, 0.15) is 11.5 Å². The third kappa shape index (κ3) is 3.63. The fraction of sp³-hybridized carbons (Fsp3) is 0.133. The van der Waals surface area contributed by atoms with E-state index in [0.29, 0.717) is 0 Å². The van der Waals surface area contributed by atoms with Gasteiger partial charge < -0.3 is 9.75 Å². The molecule has 0 aromatic heterocycles. The standard InChI is InChI=1S/C15H16N2O/c1-17(2)16-12-13-7-6-10-15(11-13)18-14-8-4-3-5-9-14/h3-12H,1-2H3. The summed E-state index contributed by atoms with van der Waals surface area (Å²) in [7, 11) is 3.78. The molecule has 0 spiro atoms. The fourth-order valence-corrected chi connectivity index (χ4v) is 1.47. The van der Waals surface area contributed by atoms with Gasteiger partial charge in [0.15, 0.2) is 0 Å². The van der Waals surface area contributed by atoms with E-state index in [1.54, 1.807) is 11.2 Å². The Hall–Kier alpha value is -2.29. The molecule has 0 aliphatic heterocycles. The molecular formula is C15H16N2O. The summed E-state index contributed by atoms with van der Waals surface area (Å²) >= 11 is 0. The van der Waals surface area contributed by atoms with Crippen LogP contribution < -0.4 is 4.74 Å². The molecule has 0 atom stereocenters. The molecule has 0 fully saturated rings. The minimum absolute atomic E-state index is 0.809. The van der Waals surface area contributed by atoms with Crippen LogP contribution in [-0.2, 0) is 0 Å². The molecule has 92 valence electrons. The van der Waals surface area contributed by atoms with Gasteiger partial charge >= 0.3 is 0 Å². The molecule has 0 heterocycles. The second-order valence-electron chi connectivity index (χ2n) is 4.08. The van der Waals surface area contributed by atoms with Crippen molar-refractivity contribution in [2.75, 3.05) is 14.1 Å². The first kappa shape index (κ1) is 12.2. The normalized spacial score (nSPS) is 10.6. The van der Waals surface area contributed by atoms with Crippen molar-refractivity contribution in [3.8, 4) is 11.5 Å². The van der Waals surface area contributed by atoms with Crippen LogP contribution in [-0.4, -0.2) is 25.3 Å². The van der Waals surface area contributed by atoms with Crippen molar-refractivity contribution in [1.29, 1.82) is 0 Å². The number of hydrogen-bond donors (Lipinski definition) is 0. The summed E-state index contributed by atoms with van der Waals surface area (Å²) in [5, 5.41) is 5.95. The van der Waals surface area contributed by atoms with Gasteiger partial charge in [-0.05, 0) is 29.8 Å². The maximum Gasteiger partial charge on any atom is 0.128 e.